The molecule has 1 aliphatic rings. The predicted octanol–water partition coefficient (Wildman–Crippen LogP) is 3.63. The topological polar surface area (TPSA) is 29.5 Å². The van der Waals surface area contributed by atoms with Crippen LogP contribution in [-0.4, -0.2) is 32.2 Å². The molecule has 0 aromatic heterocycles. The molecule has 0 N–H and O–H groups in total. The van der Waals surface area contributed by atoms with E-state index in [1.807, 2.05) is 30.5 Å². The molecule has 118 valence electrons. The molecule has 2 aromatic rings. The molecular formula is C19H21NO2Si. The molecule has 0 atom stereocenters. The van der Waals surface area contributed by atoms with E-state index in [4.69, 9.17) is 4.74 Å². The van der Waals surface area contributed by atoms with Crippen molar-refractivity contribution in [2.24, 2.45) is 0 Å². The van der Waals surface area contributed by atoms with E-state index in [0.717, 1.165) is 0 Å². The second-order valence-corrected chi connectivity index (χ2v) is 10.6. The van der Waals surface area contributed by atoms with Crippen LogP contribution in [0.15, 0.2) is 66.9 Å². The maximum Gasteiger partial charge on any atom is 0.413 e. The van der Waals surface area contributed by atoms with E-state index in [1.165, 1.54) is 15.9 Å². The van der Waals surface area contributed by atoms with E-state index in [2.05, 4.69) is 49.5 Å². The molecule has 3 rings (SSSR count). The lowest BCUT2D eigenvalue weighted by molar-refractivity contribution is 0.166. The summed E-state index contributed by atoms with van der Waals surface area (Å²) in [6.07, 6.45) is 1.75. The van der Waals surface area contributed by atoms with E-state index in [-0.39, 0.29) is 6.09 Å². The predicted molar refractivity (Wildman–Crippen MR) is 96.0 cm³/mol. The van der Waals surface area contributed by atoms with Crippen molar-refractivity contribution >= 4 is 24.6 Å². The lowest BCUT2D eigenvalue weighted by atomic mass is 10.2. The molecule has 0 aliphatic carbocycles. The van der Waals surface area contributed by atoms with E-state index < -0.39 is 8.07 Å². The molecule has 23 heavy (non-hydrogen) atoms. The van der Waals surface area contributed by atoms with Crippen LogP contribution in [0.3, 0.4) is 0 Å². The van der Waals surface area contributed by atoms with Crippen molar-refractivity contribution in [3.05, 3.63) is 72.4 Å². The molecule has 1 fully saturated rings. The normalized spacial score (nSPS) is 15.7. The minimum atomic E-state index is -1.94. The van der Waals surface area contributed by atoms with E-state index in [1.54, 1.807) is 4.90 Å². The van der Waals surface area contributed by atoms with Gasteiger partial charge in [0.15, 0.2) is 0 Å². The Morgan fingerprint density at radius 2 is 1.65 bits per heavy atom. The minimum Gasteiger partial charge on any atom is -0.447 e. The van der Waals surface area contributed by atoms with Crippen molar-refractivity contribution in [2.75, 3.05) is 13.2 Å². The number of carbonyl (C=O) groups is 1. The third kappa shape index (κ3) is 3.22. The van der Waals surface area contributed by atoms with E-state index >= 15 is 0 Å². The van der Waals surface area contributed by atoms with Gasteiger partial charge in [-0.1, -0.05) is 78.9 Å². The van der Waals surface area contributed by atoms with Crippen LogP contribution in [0.5, 0.6) is 0 Å². The third-order valence-corrected chi connectivity index (χ3v) is 7.87. The number of benzene rings is 2. The molecule has 1 aliphatic heterocycles. The van der Waals surface area contributed by atoms with Gasteiger partial charge in [-0.2, -0.15) is 0 Å². The average molecular weight is 323 g/mol. The van der Waals surface area contributed by atoms with Gasteiger partial charge in [0.1, 0.15) is 14.7 Å². The molecular weight excluding hydrogens is 302 g/mol. The number of nitrogens with zero attached hydrogens (tertiary/aromatic N) is 1. The standard InChI is InChI=1S/C19H21NO2Si/c1-23(2,17-11-7-4-8-12-17)18(16-9-5-3-6-10-16)15-20-13-14-22-19(20)21/h3-12,15H,13-14H2,1-2H3/b18-15-. The second-order valence-electron chi connectivity index (χ2n) is 6.21. The molecule has 4 heteroatoms. The highest BCUT2D eigenvalue weighted by atomic mass is 28.3. The Bertz CT molecular complexity index is 711. The highest BCUT2D eigenvalue weighted by Crippen LogP contribution is 2.27. The summed E-state index contributed by atoms with van der Waals surface area (Å²) in [7, 11) is -1.94. The molecule has 0 spiro atoms. The first-order chi connectivity index (χ1) is 11.1. The summed E-state index contributed by atoms with van der Waals surface area (Å²) in [6.45, 7) is 5.73. The summed E-state index contributed by atoms with van der Waals surface area (Å²) in [4.78, 5) is 13.6. The van der Waals surface area contributed by atoms with Crippen LogP contribution < -0.4 is 5.19 Å². The van der Waals surface area contributed by atoms with Gasteiger partial charge < -0.3 is 4.74 Å². The summed E-state index contributed by atoms with van der Waals surface area (Å²) in [5.41, 5.74) is 1.17. The fraction of sp³-hybridized carbons (Fsp3) is 0.211. The molecule has 1 heterocycles. The Morgan fingerprint density at radius 1 is 1.04 bits per heavy atom. The van der Waals surface area contributed by atoms with Crippen LogP contribution in [0.4, 0.5) is 4.79 Å². The quantitative estimate of drug-likeness (QED) is 0.804. The van der Waals surface area contributed by atoms with Gasteiger partial charge in [0.25, 0.3) is 0 Å². The molecule has 1 amide bonds. The summed E-state index contributed by atoms with van der Waals surface area (Å²) in [5.74, 6) is 0. The van der Waals surface area contributed by atoms with Gasteiger partial charge in [-0.25, -0.2) is 4.79 Å². The molecule has 1 saturated heterocycles. The Hall–Kier alpha value is -2.33. The SMILES string of the molecule is C[Si](C)(/C(=C\N1CCOC1=O)c1ccccc1)c1ccccc1. The number of ether oxygens (including phenoxy) is 1. The molecule has 0 bridgehead atoms. The van der Waals surface area contributed by atoms with Gasteiger partial charge in [-0.05, 0) is 10.8 Å². The van der Waals surface area contributed by atoms with E-state index in [9.17, 15) is 4.79 Å². The summed E-state index contributed by atoms with van der Waals surface area (Å²) in [5, 5.41) is 2.59. The van der Waals surface area contributed by atoms with Gasteiger partial charge >= 0.3 is 6.09 Å². The van der Waals surface area contributed by atoms with Crippen molar-refractivity contribution in [3.8, 4) is 0 Å². The lowest BCUT2D eigenvalue weighted by Gasteiger charge is -2.28. The van der Waals surface area contributed by atoms with Crippen LogP contribution in [0.1, 0.15) is 5.56 Å². The number of amides is 1. The zero-order chi connectivity index (χ0) is 16.3. The van der Waals surface area contributed by atoms with Crippen molar-refractivity contribution in [2.45, 2.75) is 13.1 Å². The van der Waals surface area contributed by atoms with Crippen molar-refractivity contribution in [3.63, 3.8) is 0 Å². The number of hydrogen-bond acceptors (Lipinski definition) is 2. The minimum absolute atomic E-state index is 0.253. The van der Waals surface area contributed by atoms with Crippen molar-refractivity contribution in [1.82, 2.24) is 4.90 Å². The number of rotatable bonds is 4. The fourth-order valence-corrected chi connectivity index (χ4v) is 5.61. The van der Waals surface area contributed by atoms with Crippen LogP contribution in [0.2, 0.25) is 13.1 Å². The van der Waals surface area contributed by atoms with Crippen LogP contribution >= 0.6 is 0 Å². The molecule has 2 aromatic carbocycles. The first-order valence-corrected chi connectivity index (χ1v) is 10.9. The zero-order valence-corrected chi connectivity index (χ0v) is 14.5. The van der Waals surface area contributed by atoms with Gasteiger partial charge in [0.05, 0.1) is 6.54 Å². The first-order valence-electron chi connectivity index (χ1n) is 7.85. The molecule has 0 saturated carbocycles. The van der Waals surface area contributed by atoms with Gasteiger partial charge in [-0.15, -0.1) is 0 Å². The summed E-state index contributed by atoms with van der Waals surface area (Å²) < 4.78 is 5.08. The molecule has 3 nitrogen and oxygen atoms in total. The van der Waals surface area contributed by atoms with Crippen molar-refractivity contribution < 1.29 is 9.53 Å². The fourth-order valence-electron chi connectivity index (χ4n) is 2.90. The zero-order valence-electron chi connectivity index (χ0n) is 13.5. The smallest absolute Gasteiger partial charge is 0.413 e. The summed E-state index contributed by atoms with van der Waals surface area (Å²) >= 11 is 0. The largest absolute Gasteiger partial charge is 0.447 e. The van der Waals surface area contributed by atoms with Crippen LogP contribution in [0, 0.1) is 0 Å². The van der Waals surface area contributed by atoms with Gasteiger partial charge in [-0.3, -0.25) is 4.90 Å². The number of cyclic esters (lactones) is 1. The van der Waals surface area contributed by atoms with Crippen LogP contribution in [0.25, 0.3) is 5.20 Å². The van der Waals surface area contributed by atoms with E-state index in [0.29, 0.717) is 13.2 Å². The maximum absolute atomic E-state index is 11.9. The second kappa shape index (κ2) is 6.42. The first kappa shape index (κ1) is 15.6. The third-order valence-electron chi connectivity index (χ3n) is 4.33. The van der Waals surface area contributed by atoms with Gasteiger partial charge in [0, 0.05) is 6.20 Å². The Kier molecular flexibility index (Phi) is 4.34. The average Bonchev–Trinajstić information content (AvgIpc) is 2.99. The molecule has 0 unspecified atom stereocenters. The van der Waals surface area contributed by atoms with Gasteiger partial charge in [0.2, 0.25) is 0 Å². The monoisotopic (exact) mass is 323 g/mol. The van der Waals surface area contributed by atoms with Crippen LogP contribution in [-0.2, 0) is 4.74 Å². The van der Waals surface area contributed by atoms with Crippen molar-refractivity contribution in [1.29, 1.82) is 0 Å². The Balaban J connectivity index is 2.08. The number of hydrogen-bond donors (Lipinski definition) is 0. The summed E-state index contributed by atoms with van der Waals surface area (Å²) in [6, 6.07) is 20.9. The maximum atomic E-state index is 11.9. The Morgan fingerprint density at radius 3 is 2.22 bits per heavy atom. The molecule has 0 radical (unpaired) electrons. The number of carbonyl (C=O) groups excluding carboxylic acids is 1. The highest BCUT2D eigenvalue weighted by molar-refractivity contribution is 7.04. The lowest BCUT2D eigenvalue weighted by Crippen LogP contribution is -2.43. The Labute approximate surface area is 138 Å². The highest BCUT2D eigenvalue weighted by Gasteiger charge is 2.31.